The van der Waals surface area contributed by atoms with Gasteiger partial charge in [0.2, 0.25) is 0 Å². The van der Waals surface area contributed by atoms with Gasteiger partial charge in [-0.3, -0.25) is 0 Å². The second-order valence-corrected chi connectivity index (χ2v) is 13.8. The quantitative estimate of drug-likeness (QED) is 0.0752. The van der Waals surface area contributed by atoms with Crippen molar-refractivity contribution >= 4 is 26.2 Å². The van der Waals surface area contributed by atoms with E-state index in [-0.39, 0.29) is 46.7 Å². The monoisotopic (exact) mass is 704 g/mol. The van der Waals surface area contributed by atoms with Crippen molar-refractivity contribution in [1.29, 1.82) is 0 Å². The Morgan fingerprint density at radius 2 is 1.22 bits per heavy atom. The molecule has 254 valence electrons. The van der Waals surface area contributed by atoms with Crippen LogP contribution in [0.25, 0.3) is 22.3 Å². The summed E-state index contributed by atoms with van der Waals surface area (Å²) in [5.74, 6) is -0.240. The maximum absolute atomic E-state index is 13.2. The van der Waals surface area contributed by atoms with Crippen LogP contribution in [0.3, 0.4) is 0 Å². The molecule has 5 aromatic carbocycles. The molecule has 0 spiro atoms. The van der Waals surface area contributed by atoms with Crippen LogP contribution < -0.4 is 27.3 Å². The van der Waals surface area contributed by atoms with Gasteiger partial charge >= 0.3 is 26.2 Å². The van der Waals surface area contributed by atoms with E-state index in [2.05, 4.69) is 0 Å². The van der Waals surface area contributed by atoms with Crippen molar-refractivity contribution in [3.8, 4) is 56.8 Å². The molecule has 0 saturated carbocycles. The van der Waals surface area contributed by atoms with E-state index >= 15 is 0 Å². The lowest BCUT2D eigenvalue weighted by Gasteiger charge is -2.21. The van der Waals surface area contributed by atoms with Gasteiger partial charge in [-0.2, -0.15) is 16.8 Å². The van der Waals surface area contributed by atoms with Gasteiger partial charge < -0.3 is 27.3 Å². The summed E-state index contributed by atoms with van der Waals surface area (Å²) in [4.78, 5) is 13.2. The third-order valence-electron chi connectivity index (χ3n) is 6.95. The molecule has 0 fully saturated rings. The minimum Gasteiger partial charge on any atom is -0.496 e. The molecule has 0 aromatic heterocycles. The van der Waals surface area contributed by atoms with Crippen molar-refractivity contribution in [3.05, 3.63) is 120 Å². The van der Waals surface area contributed by atoms with E-state index in [0.29, 0.717) is 22.3 Å². The highest BCUT2D eigenvalue weighted by Crippen LogP contribution is 2.51. The summed E-state index contributed by atoms with van der Waals surface area (Å²) >= 11 is 0. The number of hydrogen-bond donors (Lipinski definition) is 0. The number of carbonyl (C=O) groups is 1. The van der Waals surface area contributed by atoms with Crippen molar-refractivity contribution in [2.75, 3.05) is 26.7 Å². The second-order valence-electron chi connectivity index (χ2n) is 10.7. The molecule has 0 aliphatic heterocycles. The minimum absolute atomic E-state index is 0.0326. The average Bonchev–Trinajstić information content (AvgIpc) is 3.07. The van der Waals surface area contributed by atoms with Crippen LogP contribution in [0.2, 0.25) is 0 Å². The second kappa shape index (κ2) is 14.7. The summed E-state index contributed by atoms with van der Waals surface area (Å²) in [6.45, 7) is 0.179. The van der Waals surface area contributed by atoms with E-state index in [9.17, 15) is 21.6 Å². The fraction of sp³-hybridized carbons (Fsp3) is 0.139. The Balaban J connectivity index is 1.66. The van der Waals surface area contributed by atoms with Crippen molar-refractivity contribution in [3.63, 3.8) is 0 Å². The predicted molar refractivity (Wildman–Crippen MR) is 184 cm³/mol. The highest BCUT2D eigenvalue weighted by Gasteiger charge is 2.27. The molecule has 0 unspecified atom stereocenters. The number of esters is 1. The van der Waals surface area contributed by atoms with Crippen LogP contribution >= 0.6 is 0 Å². The Morgan fingerprint density at radius 3 is 1.82 bits per heavy atom. The topological polar surface area (TPSA) is 141 Å². The summed E-state index contributed by atoms with van der Waals surface area (Å²) in [6, 6.07) is 30.2. The van der Waals surface area contributed by atoms with Crippen LogP contribution in [-0.4, -0.2) is 49.5 Å². The standard InChI is InChI=1S/C36H32O11S2/c1-42-32-22-29(25-15-18-28(19-16-25)46-48(3,38)39)34(43-2)35(47-49(4,40)41)33(32)27-17-20-30(44-23-24-11-7-5-8-12-24)31(21-27)45-36(37)26-13-9-6-10-14-26/h5-22H,23H2,1-4H3. The maximum atomic E-state index is 13.2. The SMILES string of the molecule is COc1cc(-c2ccc(OS(C)(=O)=O)cc2)c(OC)c(OS(C)(=O)=O)c1-c1ccc(OCc2ccccc2)c(OC(=O)c2ccccc2)c1. The first-order valence-corrected chi connectivity index (χ1v) is 18.2. The van der Waals surface area contributed by atoms with Crippen LogP contribution in [0.5, 0.6) is 34.5 Å². The smallest absolute Gasteiger partial charge is 0.343 e. The first-order chi connectivity index (χ1) is 23.3. The van der Waals surface area contributed by atoms with Crippen molar-refractivity contribution in [2.24, 2.45) is 0 Å². The highest BCUT2D eigenvalue weighted by molar-refractivity contribution is 7.86. The Hall–Kier alpha value is -5.53. The number of carbonyl (C=O) groups excluding carboxylic acids is 1. The molecule has 0 aliphatic rings. The lowest BCUT2D eigenvalue weighted by atomic mass is 9.96. The fourth-order valence-electron chi connectivity index (χ4n) is 4.89. The molecular weight excluding hydrogens is 673 g/mol. The largest absolute Gasteiger partial charge is 0.496 e. The molecule has 0 radical (unpaired) electrons. The van der Waals surface area contributed by atoms with E-state index < -0.39 is 26.2 Å². The lowest BCUT2D eigenvalue weighted by Crippen LogP contribution is -2.11. The third-order valence-corrected chi connectivity index (χ3v) is 7.92. The van der Waals surface area contributed by atoms with E-state index in [0.717, 1.165) is 18.1 Å². The number of benzene rings is 5. The molecule has 0 N–H and O–H groups in total. The summed E-state index contributed by atoms with van der Waals surface area (Å²) in [6.07, 6.45) is 1.82. The summed E-state index contributed by atoms with van der Waals surface area (Å²) < 4.78 is 82.4. The number of hydrogen-bond acceptors (Lipinski definition) is 11. The molecule has 0 atom stereocenters. The first-order valence-electron chi connectivity index (χ1n) is 14.6. The van der Waals surface area contributed by atoms with Gasteiger partial charge in [0.05, 0.1) is 37.9 Å². The van der Waals surface area contributed by atoms with Gasteiger partial charge in [0.1, 0.15) is 18.1 Å². The summed E-state index contributed by atoms with van der Waals surface area (Å²) in [7, 11) is -5.15. The van der Waals surface area contributed by atoms with E-state index in [1.807, 2.05) is 30.3 Å². The molecule has 5 rings (SSSR count). The minimum atomic E-state index is -4.14. The van der Waals surface area contributed by atoms with Crippen molar-refractivity contribution in [2.45, 2.75) is 6.61 Å². The zero-order valence-corrected chi connectivity index (χ0v) is 28.5. The van der Waals surface area contributed by atoms with Crippen LogP contribution in [-0.2, 0) is 26.8 Å². The van der Waals surface area contributed by atoms with Gasteiger partial charge in [0.15, 0.2) is 23.0 Å². The molecule has 0 saturated heterocycles. The molecule has 5 aromatic rings. The molecule has 0 aliphatic carbocycles. The molecule has 13 heteroatoms. The Morgan fingerprint density at radius 1 is 0.612 bits per heavy atom. The Labute approximate surface area is 284 Å². The van der Waals surface area contributed by atoms with Gasteiger partial charge in [-0.25, -0.2) is 4.79 Å². The van der Waals surface area contributed by atoms with Gasteiger partial charge in [-0.1, -0.05) is 66.7 Å². The molecule has 49 heavy (non-hydrogen) atoms. The zero-order chi connectivity index (χ0) is 35.2. The molecular formula is C36H32O11S2. The Bertz CT molecular complexity index is 2170. The Kier molecular flexibility index (Phi) is 10.4. The fourth-order valence-corrected chi connectivity index (χ4v) is 5.82. The maximum Gasteiger partial charge on any atom is 0.343 e. The molecule has 11 nitrogen and oxygen atoms in total. The van der Waals surface area contributed by atoms with Crippen LogP contribution in [0.1, 0.15) is 15.9 Å². The third kappa shape index (κ3) is 8.89. The number of rotatable bonds is 13. The highest BCUT2D eigenvalue weighted by atomic mass is 32.2. The molecule has 0 amide bonds. The van der Waals surface area contributed by atoms with E-state index in [1.165, 1.54) is 32.4 Å². The van der Waals surface area contributed by atoms with Gasteiger partial charge in [-0.05, 0) is 59.2 Å². The van der Waals surface area contributed by atoms with Crippen LogP contribution in [0.15, 0.2) is 109 Å². The molecule has 0 heterocycles. The van der Waals surface area contributed by atoms with Crippen LogP contribution in [0.4, 0.5) is 0 Å². The van der Waals surface area contributed by atoms with Crippen molar-refractivity contribution < 1.29 is 48.9 Å². The summed E-state index contributed by atoms with van der Waals surface area (Å²) in [5, 5.41) is 0. The first kappa shape index (κ1) is 34.8. The van der Waals surface area contributed by atoms with E-state index in [4.69, 9.17) is 27.3 Å². The lowest BCUT2D eigenvalue weighted by molar-refractivity contribution is 0.0727. The normalized spacial score (nSPS) is 11.3. The van der Waals surface area contributed by atoms with Gasteiger partial charge in [0.25, 0.3) is 0 Å². The van der Waals surface area contributed by atoms with Crippen molar-refractivity contribution in [1.82, 2.24) is 0 Å². The van der Waals surface area contributed by atoms with E-state index in [1.54, 1.807) is 60.7 Å². The zero-order valence-electron chi connectivity index (χ0n) is 26.9. The van der Waals surface area contributed by atoms with Crippen LogP contribution in [0, 0.1) is 0 Å². The van der Waals surface area contributed by atoms with Gasteiger partial charge in [-0.15, -0.1) is 0 Å². The average molecular weight is 705 g/mol. The molecule has 0 bridgehead atoms. The predicted octanol–water partition coefficient (Wildman–Crippen LogP) is 6.51. The number of methoxy groups -OCH3 is 2. The summed E-state index contributed by atoms with van der Waals surface area (Å²) in [5.41, 5.74) is 2.58. The number of ether oxygens (including phenoxy) is 4. The van der Waals surface area contributed by atoms with Gasteiger partial charge in [0, 0.05) is 5.56 Å².